The molecule has 0 bridgehead atoms. The lowest BCUT2D eigenvalue weighted by Gasteiger charge is -2.07. The number of carbonyl (C=O) groups excluding carboxylic acids is 2. The summed E-state index contributed by atoms with van der Waals surface area (Å²) in [5, 5.41) is 3.26. The van der Waals surface area contributed by atoms with Gasteiger partial charge in [0.05, 0.1) is 29.9 Å². The monoisotopic (exact) mass is 462 g/mol. The Morgan fingerprint density at radius 1 is 1.15 bits per heavy atom. The van der Waals surface area contributed by atoms with Crippen molar-refractivity contribution in [2.45, 2.75) is 13.8 Å². The third-order valence-electron chi connectivity index (χ3n) is 4.93. The van der Waals surface area contributed by atoms with E-state index in [4.69, 9.17) is 13.9 Å². The molecule has 2 heterocycles. The van der Waals surface area contributed by atoms with Gasteiger partial charge in [0.2, 0.25) is 0 Å². The van der Waals surface area contributed by atoms with E-state index in [0.29, 0.717) is 39.5 Å². The number of amidine groups is 1. The molecule has 1 fully saturated rings. The van der Waals surface area contributed by atoms with E-state index in [1.165, 1.54) is 18.9 Å². The van der Waals surface area contributed by atoms with Crippen LogP contribution >= 0.6 is 11.8 Å². The van der Waals surface area contributed by atoms with Gasteiger partial charge in [-0.15, -0.1) is 0 Å². The van der Waals surface area contributed by atoms with Crippen LogP contribution in [0.2, 0.25) is 0 Å². The number of thioether (sulfide) groups is 1. The number of nitrogens with zero attached hydrogens (tertiary/aromatic N) is 1. The molecule has 168 valence electrons. The molecule has 0 aliphatic carbocycles. The molecular weight excluding hydrogens is 440 g/mol. The first kappa shape index (κ1) is 22.4. The highest BCUT2D eigenvalue weighted by atomic mass is 32.2. The summed E-state index contributed by atoms with van der Waals surface area (Å²) < 4.78 is 16.2. The molecule has 0 radical (unpaired) electrons. The van der Waals surface area contributed by atoms with Crippen molar-refractivity contribution in [3.63, 3.8) is 0 Å². The standard InChI is InChI=1S/C25H22N2O5S/c1-4-31-17-10-8-16(9-11-17)26-25-27-23(28)22(33-25)14-18-12-13-21(32-18)19-6-5-7-20(15(19)2)24(29)30-3/h5-14H,4H2,1-3H3,(H,26,27,28)/b22-14+. The molecule has 1 saturated heterocycles. The van der Waals surface area contributed by atoms with Crippen molar-refractivity contribution in [2.24, 2.45) is 4.99 Å². The van der Waals surface area contributed by atoms with E-state index in [2.05, 4.69) is 10.3 Å². The summed E-state index contributed by atoms with van der Waals surface area (Å²) in [6.45, 7) is 4.36. The second-order valence-corrected chi connectivity index (χ2v) is 8.11. The summed E-state index contributed by atoms with van der Waals surface area (Å²) in [6.07, 6.45) is 1.67. The van der Waals surface area contributed by atoms with Gasteiger partial charge in [-0.25, -0.2) is 9.79 Å². The van der Waals surface area contributed by atoms with E-state index >= 15 is 0 Å². The fraction of sp³-hybridized carbons (Fsp3) is 0.160. The van der Waals surface area contributed by atoms with Crippen molar-refractivity contribution in [2.75, 3.05) is 13.7 Å². The summed E-state index contributed by atoms with van der Waals surface area (Å²) in [7, 11) is 1.35. The molecule has 7 nitrogen and oxygen atoms in total. The predicted molar refractivity (Wildman–Crippen MR) is 129 cm³/mol. The number of carbonyl (C=O) groups is 2. The van der Waals surface area contributed by atoms with Crippen LogP contribution in [0, 0.1) is 6.92 Å². The second-order valence-electron chi connectivity index (χ2n) is 7.08. The molecule has 1 N–H and O–H groups in total. The highest BCUT2D eigenvalue weighted by Gasteiger charge is 2.24. The number of nitrogens with one attached hydrogen (secondary N) is 1. The molecule has 2 aromatic carbocycles. The Morgan fingerprint density at radius 3 is 2.67 bits per heavy atom. The van der Waals surface area contributed by atoms with E-state index in [-0.39, 0.29) is 5.91 Å². The van der Waals surface area contributed by atoms with Crippen LogP contribution in [0.5, 0.6) is 5.75 Å². The van der Waals surface area contributed by atoms with Crippen molar-refractivity contribution < 1.29 is 23.5 Å². The first-order chi connectivity index (χ1) is 16.0. The van der Waals surface area contributed by atoms with Crippen LogP contribution in [-0.4, -0.2) is 30.8 Å². The molecule has 0 saturated carbocycles. The van der Waals surface area contributed by atoms with E-state index in [1.807, 2.05) is 50.2 Å². The third-order valence-corrected chi connectivity index (χ3v) is 5.84. The van der Waals surface area contributed by atoms with E-state index in [1.54, 1.807) is 24.3 Å². The Balaban J connectivity index is 1.53. The Bertz CT molecular complexity index is 1260. The minimum atomic E-state index is -0.401. The average Bonchev–Trinajstić information content (AvgIpc) is 3.41. The van der Waals surface area contributed by atoms with Crippen LogP contribution in [0.4, 0.5) is 5.69 Å². The van der Waals surface area contributed by atoms with E-state index in [9.17, 15) is 9.59 Å². The Hall–Kier alpha value is -3.78. The Morgan fingerprint density at radius 2 is 1.94 bits per heavy atom. The third kappa shape index (κ3) is 5.01. The van der Waals surface area contributed by atoms with Crippen LogP contribution in [0.3, 0.4) is 0 Å². The van der Waals surface area contributed by atoms with Crippen LogP contribution in [0.15, 0.2) is 68.9 Å². The van der Waals surface area contributed by atoms with Gasteiger partial charge in [-0.3, -0.25) is 4.79 Å². The van der Waals surface area contributed by atoms with Crippen molar-refractivity contribution >= 4 is 40.6 Å². The zero-order valence-corrected chi connectivity index (χ0v) is 19.2. The topological polar surface area (TPSA) is 90.1 Å². The number of amides is 1. The summed E-state index contributed by atoms with van der Waals surface area (Å²) in [5.74, 6) is 1.24. The van der Waals surface area contributed by atoms with Gasteiger partial charge in [-0.1, -0.05) is 12.1 Å². The zero-order chi connectivity index (χ0) is 23.4. The fourth-order valence-electron chi connectivity index (χ4n) is 3.32. The number of benzene rings is 2. The van der Waals surface area contributed by atoms with Crippen LogP contribution in [0.1, 0.15) is 28.6 Å². The number of aliphatic imine (C=N–C) groups is 1. The summed E-state index contributed by atoms with van der Waals surface area (Å²) in [5.41, 5.74) is 2.73. The summed E-state index contributed by atoms with van der Waals surface area (Å²) in [6, 6.07) is 16.3. The molecule has 3 aromatic rings. The maximum Gasteiger partial charge on any atom is 0.338 e. The molecule has 0 spiro atoms. The normalized spacial score (nSPS) is 15.7. The van der Waals surface area contributed by atoms with Gasteiger partial charge >= 0.3 is 5.97 Å². The zero-order valence-electron chi connectivity index (χ0n) is 18.4. The largest absolute Gasteiger partial charge is 0.494 e. The number of esters is 1. The smallest absolute Gasteiger partial charge is 0.338 e. The average molecular weight is 463 g/mol. The number of furan rings is 1. The number of ether oxygens (including phenoxy) is 2. The Kier molecular flexibility index (Phi) is 6.65. The van der Waals surface area contributed by atoms with Gasteiger partial charge in [0.15, 0.2) is 5.17 Å². The first-order valence-electron chi connectivity index (χ1n) is 10.3. The van der Waals surface area contributed by atoms with Crippen molar-refractivity contribution in [3.8, 4) is 17.1 Å². The molecule has 0 atom stereocenters. The highest BCUT2D eigenvalue weighted by molar-refractivity contribution is 8.18. The number of hydrogen-bond acceptors (Lipinski definition) is 7. The molecule has 1 aliphatic rings. The number of rotatable bonds is 6. The van der Waals surface area contributed by atoms with Crippen molar-refractivity contribution in [1.29, 1.82) is 0 Å². The molecule has 8 heteroatoms. The van der Waals surface area contributed by atoms with Crippen LogP contribution in [-0.2, 0) is 9.53 Å². The van der Waals surface area contributed by atoms with E-state index in [0.717, 1.165) is 16.9 Å². The second kappa shape index (κ2) is 9.79. The molecule has 0 unspecified atom stereocenters. The highest BCUT2D eigenvalue weighted by Crippen LogP contribution is 2.32. The lowest BCUT2D eigenvalue weighted by Crippen LogP contribution is -2.19. The van der Waals surface area contributed by atoms with Gasteiger partial charge in [-0.05, 0) is 73.6 Å². The quantitative estimate of drug-likeness (QED) is 0.393. The lowest BCUT2D eigenvalue weighted by molar-refractivity contribution is -0.115. The van der Waals surface area contributed by atoms with Gasteiger partial charge in [0.1, 0.15) is 17.3 Å². The number of hydrogen-bond donors (Lipinski definition) is 1. The van der Waals surface area contributed by atoms with Crippen molar-refractivity contribution in [1.82, 2.24) is 5.32 Å². The van der Waals surface area contributed by atoms with Gasteiger partial charge in [0.25, 0.3) is 5.91 Å². The Labute approximate surface area is 195 Å². The predicted octanol–water partition coefficient (Wildman–Crippen LogP) is 5.33. The molecule has 33 heavy (non-hydrogen) atoms. The maximum absolute atomic E-state index is 12.4. The van der Waals surface area contributed by atoms with Gasteiger partial charge in [-0.2, -0.15) is 0 Å². The van der Waals surface area contributed by atoms with Crippen LogP contribution in [0.25, 0.3) is 17.4 Å². The lowest BCUT2D eigenvalue weighted by atomic mass is 10.0. The fourth-order valence-corrected chi connectivity index (χ4v) is 4.14. The van der Waals surface area contributed by atoms with Gasteiger partial charge < -0.3 is 19.2 Å². The SMILES string of the molecule is CCOc1ccc(N=C2NC(=O)/C(=C\c3ccc(-c4cccc(C(=O)OC)c4C)o3)S2)cc1. The number of methoxy groups -OCH3 is 1. The van der Waals surface area contributed by atoms with Gasteiger partial charge in [0, 0.05) is 11.6 Å². The summed E-state index contributed by atoms with van der Waals surface area (Å²) >= 11 is 1.24. The first-order valence-corrected chi connectivity index (χ1v) is 11.1. The minimum absolute atomic E-state index is 0.244. The minimum Gasteiger partial charge on any atom is -0.494 e. The van der Waals surface area contributed by atoms with Crippen molar-refractivity contribution in [3.05, 3.63) is 76.4 Å². The molecule has 1 aliphatic heterocycles. The maximum atomic E-state index is 12.4. The molecule has 1 aromatic heterocycles. The molecule has 4 rings (SSSR count). The molecule has 1 amide bonds. The molecular formula is C25H22N2O5S. The van der Waals surface area contributed by atoms with Crippen LogP contribution < -0.4 is 10.1 Å². The summed E-state index contributed by atoms with van der Waals surface area (Å²) in [4.78, 5) is 29.3. The van der Waals surface area contributed by atoms with E-state index < -0.39 is 5.97 Å².